The second-order valence-electron chi connectivity index (χ2n) is 6.22. The number of nitrogens with zero attached hydrogens (tertiary/aromatic N) is 3. The Labute approximate surface area is 160 Å². The maximum absolute atomic E-state index is 12.4. The number of benzene rings is 1. The van der Waals surface area contributed by atoms with Crippen LogP contribution in [0, 0.1) is 0 Å². The molecule has 0 aliphatic carbocycles. The first kappa shape index (κ1) is 17.6. The van der Waals surface area contributed by atoms with Crippen molar-refractivity contribution in [2.45, 2.75) is 19.4 Å². The van der Waals surface area contributed by atoms with Crippen molar-refractivity contribution in [1.82, 2.24) is 4.90 Å². The summed E-state index contributed by atoms with van der Waals surface area (Å²) in [7, 11) is 1.76. The molecule has 4 rings (SSSR count). The van der Waals surface area contributed by atoms with Gasteiger partial charge in [-0.25, -0.2) is 0 Å². The van der Waals surface area contributed by atoms with Crippen LogP contribution in [-0.4, -0.2) is 41.7 Å². The number of halogens is 2. The SMILES string of the molecule is Br.CN1C(=O)C(C)(C)Oc2c(C3=CSC4=NCCN34)cc(Cl)cc21. The zero-order valence-electron chi connectivity index (χ0n) is 13.5. The Morgan fingerprint density at radius 1 is 1.38 bits per heavy atom. The second-order valence-corrected chi connectivity index (χ2v) is 7.49. The summed E-state index contributed by atoms with van der Waals surface area (Å²) in [4.78, 5) is 20.7. The van der Waals surface area contributed by atoms with Gasteiger partial charge in [-0.05, 0) is 26.0 Å². The quantitative estimate of drug-likeness (QED) is 0.680. The molecule has 3 heterocycles. The molecule has 0 saturated heterocycles. The van der Waals surface area contributed by atoms with Crippen molar-refractivity contribution in [3.8, 4) is 5.75 Å². The molecule has 5 nitrogen and oxygen atoms in total. The molecular formula is C16H17BrClN3O2S. The molecule has 1 aromatic rings. The first-order chi connectivity index (χ1) is 10.9. The summed E-state index contributed by atoms with van der Waals surface area (Å²) in [6.45, 7) is 5.22. The van der Waals surface area contributed by atoms with Crippen molar-refractivity contribution in [2.75, 3.05) is 25.0 Å². The van der Waals surface area contributed by atoms with Crippen LogP contribution in [0.1, 0.15) is 19.4 Å². The number of likely N-dealkylation sites (N-methyl/N-ethyl adjacent to an activating group) is 1. The van der Waals surface area contributed by atoms with Gasteiger partial charge in [-0.3, -0.25) is 9.79 Å². The van der Waals surface area contributed by atoms with E-state index < -0.39 is 5.60 Å². The highest BCUT2D eigenvalue weighted by Gasteiger charge is 2.42. The standard InChI is InChI=1S/C16H16ClN3O2S.BrH/c1-16(2)14(21)19(3)11-7-9(17)6-10(13(11)22-16)12-8-23-15-18-4-5-20(12)15;/h6-8H,4-5H2,1-3H3;1H. The number of amides is 1. The van der Waals surface area contributed by atoms with Gasteiger partial charge in [0.25, 0.3) is 5.91 Å². The van der Waals surface area contributed by atoms with Gasteiger partial charge in [-0.1, -0.05) is 23.4 Å². The van der Waals surface area contributed by atoms with Crippen LogP contribution in [0.2, 0.25) is 5.02 Å². The van der Waals surface area contributed by atoms with E-state index in [4.69, 9.17) is 16.3 Å². The number of aliphatic imine (C=N–C) groups is 1. The number of carbonyl (C=O) groups excluding carboxylic acids is 1. The van der Waals surface area contributed by atoms with Crippen LogP contribution in [0.5, 0.6) is 5.75 Å². The minimum atomic E-state index is -0.904. The predicted molar refractivity (Wildman–Crippen MR) is 104 cm³/mol. The molecule has 1 amide bonds. The van der Waals surface area contributed by atoms with Gasteiger partial charge in [0.15, 0.2) is 16.5 Å². The molecule has 0 atom stereocenters. The molecule has 0 N–H and O–H groups in total. The maximum atomic E-state index is 12.4. The molecule has 0 unspecified atom stereocenters. The first-order valence-electron chi connectivity index (χ1n) is 7.38. The van der Waals surface area contributed by atoms with Crippen molar-refractivity contribution in [3.63, 3.8) is 0 Å². The number of hydrogen-bond donors (Lipinski definition) is 0. The van der Waals surface area contributed by atoms with Gasteiger partial charge in [0.05, 0.1) is 17.9 Å². The molecule has 1 aromatic carbocycles. The molecule has 0 radical (unpaired) electrons. The van der Waals surface area contributed by atoms with Gasteiger partial charge in [0.1, 0.15) is 0 Å². The van der Waals surface area contributed by atoms with Gasteiger partial charge < -0.3 is 14.5 Å². The van der Waals surface area contributed by atoms with E-state index in [1.807, 2.05) is 6.07 Å². The Kier molecular flexibility index (Phi) is 4.38. The average Bonchev–Trinajstić information content (AvgIpc) is 3.08. The van der Waals surface area contributed by atoms with E-state index >= 15 is 0 Å². The predicted octanol–water partition coefficient (Wildman–Crippen LogP) is 3.77. The molecule has 8 heteroatoms. The third-order valence-electron chi connectivity index (χ3n) is 4.22. The molecule has 3 aliphatic rings. The largest absolute Gasteiger partial charge is 0.475 e. The molecule has 128 valence electrons. The number of thioether (sulfide) groups is 1. The normalized spacial score (nSPS) is 20.8. The fourth-order valence-corrected chi connectivity index (χ4v) is 4.24. The summed E-state index contributed by atoms with van der Waals surface area (Å²) in [5.41, 5.74) is 1.73. The summed E-state index contributed by atoms with van der Waals surface area (Å²) in [5.74, 6) is 0.609. The zero-order valence-corrected chi connectivity index (χ0v) is 16.8. The fourth-order valence-electron chi connectivity index (χ4n) is 3.07. The number of carbonyl (C=O) groups is 1. The number of rotatable bonds is 1. The number of amidine groups is 1. The smallest absolute Gasteiger partial charge is 0.270 e. The average molecular weight is 431 g/mol. The van der Waals surface area contributed by atoms with Crippen molar-refractivity contribution in [1.29, 1.82) is 0 Å². The molecular weight excluding hydrogens is 414 g/mol. The Bertz CT molecular complexity index is 794. The number of fused-ring (bicyclic) bond motifs is 2. The van der Waals surface area contributed by atoms with Crippen LogP contribution in [0.3, 0.4) is 0 Å². The summed E-state index contributed by atoms with van der Waals surface area (Å²) in [6.07, 6.45) is 0. The number of ether oxygens (including phenoxy) is 1. The Balaban J connectivity index is 0.00000169. The molecule has 0 saturated carbocycles. The third-order valence-corrected chi connectivity index (χ3v) is 5.34. The molecule has 0 aromatic heterocycles. The third kappa shape index (κ3) is 2.53. The van der Waals surface area contributed by atoms with Crippen LogP contribution < -0.4 is 9.64 Å². The molecule has 0 fully saturated rings. The monoisotopic (exact) mass is 429 g/mol. The lowest BCUT2D eigenvalue weighted by Crippen LogP contribution is -2.51. The van der Waals surface area contributed by atoms with E-state index in [-0.39, 0.29) is 22.9 Å². The fraction of sp³-hybridized carbons (Fsp3) is 0.375. The molecule has 3 aliphatic heterocycles. The molecule has 0 bridgehead atoms. The highest BCUT2D eigenvalue weighted by atomic mass is 79.9. The lowest BCUT2D eigenvalue weighted by atomic mass is 10.0. The Morgan fingerprint density at radius 3 is 2.88 bits per heavy atom. The van der Waals surface area contributed by atoms with E-state index in [1.54, 1.807) is 43.6 Å². The van der Waals surface area contributed by atoms with Gasteiger partial charge >= 0.3 is 0 Å². The van der Waals surface area contributed by atoms with Crippen molar-refractivity contribution < 1.29 is 9.53 Å². The lowest BCUT2D eigenvalue weighted by molar-refractivity contribution is -0.132. The summed E-state index contributed by atoms with van der Waals surface area (Å²) >= 11 is 7.92. The summed E-state index contributed by atoms with van der Waals surface area (Å²) < 4.78 is 6.08. The van der Waals surface area contributed by atoms with Gasteiger partial charge in [-0.2, -0.15) is 0 Å². The van der Waals surface area contributed by atoms with E-state index in [0.717, 1.165) is 29.5 Å². The van der Waals surface area contributed by atoms with Crippen LogP contribution in [0.15, 0.2) is 22.5 Å². The van der Waals surface area contributed by atoms with E-state index in [9.17, 15) is 4.79 Å². The van der Waals surface area contributed by atoms with Gasteiger partial charge in [0.2, 0.25) is 0 Å². The first-order valence-corrected chi connectivity index (χ1v) is 8.64. The van der Waals surface area contributed by atoms with E-state index in [2.05, 4.69) is 15.3 Å². The van der Waals surface area contributed by atoms with Crippen molar-refractivity contribution >= 4 is 62.8 Å². The minimum Gasteiger partial charge on any atom is -0.475 e. The number of anilines is 1. The van der Waals surface area contributed by atoms with Crippen molar-refractivity contribution in [2.24, 2.45) is 4.99 Å². The van der Waals surface area contributed by atoms with Crippen LogP contribution in [0.25, 0.3) is 5.70 Å². The van der Waals surface area contributed by atoms with E-state index in [1.165, 1.54) is 0 Å². The van der Waals surface area contributed by atoms with Crippen LogP contribution in [-0.2, 0) is 4.79 Å². The highest BCUT2D eigenvalue weighted by molar-refractivity contribution is 8.93. The van der Waals surface area contributed by atoms with Gasteiger partial charge in [0, 0.05) is 29.6 Å². The second kappa shape index (κ2) is 5.97. The Morgan fingerprint density at radius 2 is 2.12 bits per heavy atom. The maximum Gasteiger partial charge on any atom is 0.270 e. The Hall–Kier alpha value is -1.18. The zero-order chi connectivity index (χ0) is 16.4. The van der Waals surface area contributed by atoms with E-state index in [0.29, 0.717) is 16.5 Å². The minimum absolute atomic E-state index is 0. The number of hydrogen-bond acceptors (Lipinski definition) is 5. The van der Waals surface area contributed by atoms with Gasteiger partial charge in [-0.15, -0.1) is 17.0 Å². The summed E-state index contributed by atoms with van der Waals surface area (Å²) in [6, 6.07) is 3.67. The van der Waals surface area contributed by atoms with Crippen LogP contribution >= 0.6 is 40.3 Å². The highest BCUT2D eigenvalue weighted by Crippen LogP contribution is 2.47. The molecule has 0 spiro atoms. The topological polar surface area (TPSA) is 45.1 Å². The molecule has 24 heavy (non-hydrogen) atoms. The summed E-state index contributed by atoms with van der Waals surface area (Å²) in [5, 5.41) is 3.65. The lowest BCUT2D eigenvalue weighted by Gasteiger charge is -2.38. The van der Waals surface area contributed by atoms with Crippen LogP contribution in [0.4, 0.5) is 5.69 Å². The van der Waals surface area contributed by atoms with Crippen molar-refractivity contribution in [3.05, 3.63) is 28.1 Å².